The molecule has 4 aromatic carbocycles. The van der Waals surface area contributed by atoms with Gasteiger partial charge >= 0.3 is 0 Å². The molecule has 5 aromatic rings. The Bertz CT molecular complexity index is 1270. The molecule has 0 aliphatic heterocycles. The van der Waals surface area contributed by atoms with E-state index in [1.54, 1.807) is 0 Å². The van der Waals surface area contributed by atoms with Crippen molar-refractivity contribution in [3.8, 4) is 5.69 Å². The predicted molar refractivity (Wildman–Crippen MR) is 117 cm³/mol. The lowest BCUT2D eigenvalue weighted by Gasteiger charge is -2.12. The van der Waals surface area contributed by atoms with E-state index in [9.17, 15) is 0 Å². The molecule has 1 aromatic heterocycles. The SMILES string of the molecule is CC(C)Cc1ccc2c3ccccc3n(-c3cccc4ccccc34)c2c1. The standard InChI is InChI=1S/C26H23N/c1-18(2)16-19-14-15-23-22-11-5-6-12-25(22)27(26(23)17-19)24-13-7-9-20-8-3-4-10-21(20)24/h3-15,17-18H,16H2,1-2H3. The third-order valence-corrected chi connectivity index (χ3v) is 5.39. The van der Waals surface area contributed by atoms with Crippen LogP contribution in [0.25, 0.3) is 38.3 Å². The molecule has 0 saturated carbocycles. The lowest BCUT2D eigenvalue weighted by Crippen LogP contribution is -1.97. The van der Waals surface area contributed by atoms with Crippen LogP contribution in [-0.2, 0) is 6.42 Å². The highest BCUT2D eigenvalue weighted by atomic mass is 15.0. The number of aromatic nitrogens is 1. The van der Waals surface area contributed by atoms with E-state index in [-0.39, 0.29) is 0 Å². The molecule has 0 atom stereocenters. The molecule has 0 N–H and O–H groups in total. The Kier molecular flexibility index (Phi) is 3.75. The summed E-state index contributed by atoms with van der Waals surface area (Å²) in [5.41, 5.74) is 5.22. The zero-order chi connectivity index (χ0) is 18.4. The van der Waals surface area contributed by atoms with Gasteiger partial charge in [-0.05, 0) is 41.5 Å². The summed E-state index contributed by atoms with van der Waals surface area (Å²) in [7, 11) is 0. The fraction of sp³-hybridized carbons (Fsp3) is 0.154. The van der Waals surface area contributed by atoms with Gasteiger partial charge < -0.3 is 4.57 Å². The van der Waals surface area contributed by atoms with Gasteiger partial charge in [-0.2, -0.15) is 0 Å². The van der Waals surface area contributed by atoms with Crippen molar-refractivity contribution < 1.29 is 0 Å². The van der Waals surface area contributed by atoms with Gasteiger partial charge in [-0.25, -0.2) is 0 Å². The van der Waals surface area contributed by atoms with Gasteiger partial charge in [0, 0.05) is 16.2 Å². The minimum absolute atomic E-state index is 0.651. The average Bonchev–Trinajstić information content (AvgIpc) is 3.00. The molecule has 5 rings (SSSR count). The van der Waals surface area contributed by atoms with Crippen LogP contribution < -0.4 is 0 Å². The molecule has 0 aliphatic rings. The lowest BCUT2D eigenvalue weighted by atomic mass is 10.0. The molecular formula is C26H23N. The monoisotopic (exact) mass is 349 g/mol. The fourth-order valence-electron chi connectivity index (χ4n) is 4.28. The summed E-state index contributed by atoms with van der Waals surface area (Å²) in [5.74, 6) is 0.651. The van der Waals surface area contributed by atoms with E-state index < -0.39 is 0 Å². The maximum absolute atomic E-state index is 2.44. The molecule has 0 radical (unpaired) electrons. The van der Waals surface area contributed by atoms with Crippen molar-refractivity contribution in [1.82, 2.24) is 4.57 Å². The van der Waals surface area contributed by atoms with Gasteiger partial charge in [0.25, 0.3) is 0 Å². The van der Waals surface area contributed by atoms with Crippen molar-refractivity contribution in [2.45, 2.75) is 20.3 Å². The highest BCUT2D eigenvalue weighted by Gasteiger charge is 2.14. The van der Waals surface area contributed by atoms with Crippen molar-refractivity contribution in [2.75, 3.05) is 0 Å². The molecule has 0 spiro atoms. The van der Waals surface area contributed by atoms with Crippen molar-refractivity contribution in [1.29, 1.82) is 0 Å². The van der Waals surface area contributed by atoms with Gasteiger partial charge in [-0.3, -0.25) is 0 Å². The second-order valence-electron chi connectivity index (χ2n) is 7.80. The van der Waals surface area contributed by atoms with Gasteiger partial charge in [-0.1, -0.05) is 80.6 Å². The van der Waals surface area contributed by atoms with Gasteiger partial charge in [0.2, 0.25) is 0 Å². The first-order chi connectivity index (χ1) is 13.2. The first-order valence-electron chi connectivity index (χ1n) is 9.72. The van der Waals surface area contributed by atoms with Gasteiger partial charge in [0.1, 0.15) is 0 Å². The zero-order valence-electron chi connectivity index (χ0n) is 15.8. The highest BCUT2D eigenvalue weighted by molar-refractivity contribution is 6.10. The van der Waals surface area contributed by atoms with Crippen LogP contribution in [0, 0.1) is 5.92 Å². The maximum Gasteiger partial charge on any atom is 0.0544 e. The smallest absolute Gasteiger partial charge is 0.0544 e. The number of nitrogens with zero attached hydrogens (tertiary/aromatic N) is 1. The first-order valence-corrected chi connectivity index (χ1v) is 9.72. The van der Waals surface area contributed by atoms with Crippen LogP contribution >= 0.6 is 0 Å². The Morgan fingerprint density at radius 3 is 2.22 bits per heavy atom. The number of para-hydroxylation sites is 1. The quantitative estimate of drug-likeness (QED) is 0.326. The molecule has 1 heteroatoms. The summed E-state index contributed by atoms with van der Waals surface area (Å²) < 4.78 is 2.44. The predicted octanol–water partition coefficient (Wildman–Crippen LogP) is 7.14. The van der Waals surface area contributed by atoms with Gasteiger partial charge in [0.05, 0.1) is 16.7 Å². The molecule has 0 unspecified atom stereocenters. The molecule has 1 heterocycles. The van der Waals surface area contributed by atoms with E-state index in [4.69, 9.17) is 0 Å². The number of fused-ring (bicyclic) bond motifs is 4. The van der Waals surface area contributed by atoms with Crippen molar-refractivity contribution in [3.05, 3.63) is 90.5 Å². The van der Waals surface area contributed by atoms with Crippen LogP contribution in [-0.4, -0.2) is 4.57 Å². The van der Waals surface area contributed by atoms with E-state index in [0.29, 0.717) is 5.92 Å². The highest BCUT2D eigenvalue weighted by Crippen LogP contribution is 2.35. The van der Waals surface area contributed by atoms with Crippen LogP contribution in [0.2, 0.25) is 0 Å². The Morgan fingerprint density at radius 2 is 1.37 bits per heavy atom. The van der Waals surface area contributed by atoms with Crippen LogP contribution in [0.1, 0.15) is 19.4 Å². The minimum atomic E-state index is 0.651. The molecule has 0 saturated heterocycles. The molecule has 0 bridgehead atoms. The van der Waals surface area contributed by atoms with Crippen LogP contribution in [0.3, 0.4) is 0 Å². The fourth-order valence-corrected chi connectivity index (χ4v) is 4.28. The van der Waals surface area contributed by atoms with E-state index in [2.05, 4.69) is 103 Å². The summed E-state index contributed by atoms with van der Waals surface area (Å²) >= 11 is 0. The molecular weight excluding hydrogens is 326 g/mol. The second kappa shape index (κ2) is 6.28. The van der Waals surface area contributed by atoms with E-state index in [0.717, 1.165) is 6.42 Å². The third kappa shape index (κ3) is 2.62. The summed E-state index contributed by atoms with van der Waals surface area (Å²) in [6.07, 6.45) is 1.10. The lowest BCUT2D eigenvalue weighted by molar-refractivity contribution is 0.647. The molecule has 27 heavy (non-hydrogen) atoms. The van der Waals surface area contributed by atoms with Crippen molar-refractivity contribution >= 4 is 32.6 Å². The summed E-state index contributed by atoms with van der Waals surface area (Å²) in [4.78, 5) is 0. The summed E-state index contributed by atoms with van der Waals surface area (Å²) in [5, 5.41) is 5.21. The van der Waals surface area contributed by atoms with Crippen LogP contribution in [0.4, 0.5) is 0 Å². The molecule has 132 valence electrons. The molecule has 0 aliphatic carbocycles. The van der Waals surface area contributed by atoms with Gasteiger partial charge in [-0.15, -0.1) is 0 Å². The average molecular weight is 349 g/mol. The van der Waals surface area contributed by atoms with E-state index in [1.807, 2.05) is 0 Å². The normalized spacial score (nSPS) is 11.8. The molecule has 0 fully saturated rings. The Labute approximate surface area is 159 Å². The zero-order valence-corrected chi connectivity index (χ0v) is 15.8. The number of hydrogen-bond donors (Lipinski definition) is 0. The number of rotatable bonds is 3. The maximum atomic E-state index is 2.44. The van der Waals surface area contributed by atoms with Crippen molar-refractivity contribution in [3.63, 3.8) is 0 Å². The van der Waals surface area contributed by atoms with Crippen molar-refractivity contribution in [2.24, 2.45) is 5.92 Å². The Balaban J connectivity index is 1.91. The molecule has 0 amide bonds. The van der Waals surface area contributed by atoms with E-state index >= 15 is 0 Å². The first kappa shape index (κ1) is 16.1. The van der Waals surface area contributed by atoms with Crippen LogP contribution in [0.15, 0.2) is 84.9 Å². The molecule has 1 nitrogen and oxygen atoms in total. The minimum Gasteiger partial charge on any atom is -0.309 e. The Morgan fingerprint density at radius 1 is 0.667 bits per heavy atom. The topological polar surface area (TPSA) is 4.93 Å². The third-order valence-electron chi connectivity index (χ3n) is 5.39. The summed E-state index contributed by atoms with van der Waals surface area (Å²) in [6.45, 7) is 4.56. The largest absolute Gasteiger partial charge is 0.309 e. The second-order valence-corrected chi connectivity index (χ2v) is 7.80. The summed E-state index contributed by atoms with van der Waals surface area (Å²) in [6, 6.07) is 31.0. The van der Waals surface area contributed by atoms with Crippen LogP contribution in [0.5, 0.6) is 0 Å². The number of benzene rings is 4. The number of hydrogen-bond acceptors (Lipinski definition) is 0. The Hall–Kier alpha value is -3.06. The van der Waals surface area contributed by atoms with E-state index in [1.165, 1.54) is 43.8 Å². The van der Waals surface area contributed by atoms with Gasteiger partial charge in [0.15, 0.2) is 0 Å².